The maximum atomic E-state index is 11.2. The van der Waals surface area contributed by atoms with Crippen LogP contribution in [-0.2, 0) is 14.3 Å². The lowest BCUT2D eigenvalue weighted by Gasteiger charge is -2.05. The van der Waals surface area contributed by atoms with Gasteiger partial charge in [0.1, 0.15) is 0 Å². The van der Waals surface area contributed by atoms with E-state index in [4.69, 9.17) is 9.84 Å². The average molecular weight is 212 g/mol. The molecule has 84 valence electrons. The number of ether oxygens (including phenoxy) is 1. The van der Waals surface area contributed by atoms with E-state index in [-0.39, 0.29) is 18.6 Å². The molecular formula is C11H16O4. The van der Waals surface area contributed by atoms with Gasteiger partial charge in [0.2, 0.25) is 0 Å². The van der Waals surface area contributed by atoms with Crippen LogP contribution in [0.5, 0.6) is 0 Å². The third-order valence-corrected chi connectivity index (χ3v) is 1.78. The maximum Gasteiger partial charge on any atom is 0.333 e. The van der Waals surface area contributed by atoms with E-state index in [1.54, 1.807) is 0 Å². The molecule has 0 aliphatic rings. The van der Waals surface area contributed by atoms with Crippen LogP contribution in [0, 0.1) is 0 Å². The smallest absolute Gasteiger partial charge is 0.333 e. The fraction of sp³-hybridized carbons (Fsp3) is 0.455. The van der Waals surface area contributed by atoms with Gasteiger partial charge in [-0.2, -0.15) is 0 Å². The highest BCUT2D eigenvalue weighted by molar-refractivity contribution is 5.88. The monoisotopic (exact) mass is 212 g/mol. The first kappa shape index (κ1) is 13.4. The quantitative estimate of drug-likeness (QED) is 0.517. The first-order chi connectivity index (χ1) is 6.99. The average Bonchev–Trinajstić information content (AvgIpc) is 2.17. The molecule has 0 saturated carbocycles. The maximum absolute atomic E-state index is 11.2. The lowest BCUT2D eigenvalue weighted by molar-refractivity contribution is -0.140. The largest absolute Gasteiger partial charge is 0.478 e. The summed E-state index contributed by atoms with van der Waals surface area (Å²) in [6.45, 7) is 8.85. The summed E-state index contributed by atoms with van der Waals surface area (Å²) in [6, 6.07) is 0. The Hall–Kier alpha value is -1.58. The minimum atomic E-state index is -1.07. The molecule has 4 heteroatoms. The molecule has 0 rings (SSSR count). The van der Waals surface area contributed by atoms with E-state index in [2.05, 4.69) is 13.2 Å². The van der Waals surface area contributed by atoms with Gasteiger partial charge in [-0.3, -0.25) is 0 Å². The molecule has 0 bridgehead atoms. The fourth-order valence-electron chi connectivity index (χ4n) is 0.880. The Balaban J connectivity index is 3.77. The van der Waals surface area contributed by atoms with Crippen molar-refractivity contribution in [2.75, 3.05) is 6.61 Å². The lowest BCUT2D eigenvalue weighted by atomic mass is 10.2. The highest BCUT2D eigenvalue weighted by atomic mass is 16.5. The van der Waals surface area contributed by atoms with Gasteiger partial charge in [-0.1, -0.05) is 26.5 Å². The van der Waals surface area contributed by atoms with Gasteiger partial charge >= 0.3 is 11.9 Å². The second-order valence-electron chi connectivity index (χ2n) is 3.15. The summed E-state index contributed by atoms with van der Waals surface area (Å²) in [7, 11) is 0. The van der Waals surface area contributed by atoms with Crippen molar-refractivity contribution < 1.29 is 19.4 Å². The molecule has 0 aromatic carbocycles. The first-order valence-electron chi connectivity index (χ1n) is 4.75. The number of carboxylic acid groups (broad SMARTS) is 1. The van der Waals surface area contributed by atoms with Crippen molar-refractivity contribution in [3.8, 4) is 0 Å². The van der Waals surface area contributed by atoms with Gasteiger partial charge < -0.3 is 9.84 Å². The second kappa shape index (κ2) is 6.81. The zero-order chi connectivity index (χ0) is 11.8. The van der Waals surface area contributed by atoms with Gasteiger partial charge in [0, 0.05) is 17.6 Å². The third-order valence-electron chi connectivity index (χ3n) is 1.78. The van der Waals surface area contributed by atoms with E-state index in [1.807, 2.05) is 6.92 Å². The molecule has 0 atom stereocenters. The zero-order valence-corrected chi connectivity index (χ0v) is 8.91. The Morgan fingerprint density at radius 1 is 1.20 bits per heavy atom. The van der Waals surface area contributed by atoms with Crippen molar-refractivity contribution in [1.29, 1.82) is 0 Å². The van der Waals surface area contributed by atoms with E-state index in [9.17, 15) is 9.59 Å². The van der Waals surface area contributed by atoms with E-state index in [1.165, 1.54) is 0 Å². The predicted molar refractivity (Wildman–Crippen MR) is 56.4 cm³/mol. The molecule has 0 fully saturated rings. The van der Waals surface area contributed by atoms with Crippen molar-refractivity contribution in [1.82, 2.24) is 0 Å². The Labute approximate surface area is 89.2 Å². The van der Waals surface area contributed by atoms with Crippen molar-refractivity contribution in [2.45, 2.75) is 26.2 Å². The van der Waals surface area contributed by atoms with Crippen LogP contribution >= 0.6 is 0 Å². The number of carboxylic acids is 1. The molecule has 1 N–H and O–H groups in total. The molecule has 15 heavy (non-hydrogen) atoms. The molecule has 0 aromatic heterocycles. The van der Waals surface area contributed by atoms with Gasteiger partial charge in [-0.15, -0.1) is 0 Å². The topological polar surface area (TPSA) is 63.6 Å². The summed E-state index contributed by atoms with van der Waals surface area (Å²) >= 11 is 0. The van der Waals surface area contributed by atoms with Crippen LogP contribution in [0.1, 0.15) is 26.2 Å². The molecule has 0 saturated heterocycles. The van der Waals surface area contributed by atoms with Gasteiger partial charge in [0.25, 0.3) is 0 Å². The predicted octanol–water partition coefficient (Wildman–Crippen LogP) is 1.92. The number of esters is 1. The summed E-state index contributed by atoms with van der Waals surface area (Å²) in [5.41, 5.74) is 0.447. The number of hydrogen-bond acceptors (Lipinski definition) is 3. The molecule has 0 heterocycles. The summed E-state index contributed by atoms with van der Waals surface area (Å²) in [6.07, 6.45) is 1.56. The summed E-state index contributed by atoms with van der Waals surface area (Å²) in [5, 5.41) is 8.48. The Kier molecular flexibility index (Phi) is 6.09. The minimum absolute atomic E-state index is 0.0314. The summed E-state index contributed by atoms with van der Waals surface area (Å²) in [4.78, 5) is 21.5. The van der Waals surface area contributed by atoms with Crippen molar-refractivity contribution >= 4 is 11.9 Å². The Morgan fingerprint density at radius 2 is 1.80 bits per heavy atom. The number of aliphatic carboxylic acids is 1. The molecular weight excluding hydrogens is 196 g/mol. The summed E-state index contributed by atoms with van der Waals surface area (Å²) < 4.78 is 4.81. The van der Waals surface area contributed by atoms with Crippen LogP contribution in [0.15, 0.2) is 24.3 Å². The molecule has 0 aliphatic heterocycles. The number of hydrogen-bond donors (Lipinski definition) is 1. The van der Waals surface area contributed by atoms with E-state index in [0.717, 1.165) is 6.42 Å². The highest BCUT2D eigenvalue weighted by Crippen LogP contribution is 2.05. The van der Waals surface area contributed by atoms with Crippen LogP contribution in [0.4, 0.5) is 0 Å². The number of carbonyl (C=O) groups is 2. The normalized spacial score (nSPS) is 9.40. The van der Waals surface area contributed by atoms with Crippen molar-refractivity contribution in [3.63, 3.8) is 0 Å². The lowest BCUT2D eigenvalue weighted by Crippen LogP contribution is -2.10. The Morgan fingerprint density at radius 3 is 2.27 bits per heavy atom. The second-order valence-corrected chi connectivity index (χ2v) is 3.15. The first-order valence-corrected chi connectivity index (χ1v) is 4.75. The van der Waals surface area contributed by atoms with E-state index >= 15 is 0 Å². The van der Waals surface area contributed by atoms with Gasteiger partial charge in [0.15, 0.2) is 0 Å². The van der Waals surface area contributed by atoms with Crippen LogP contribution < -0.4 is 0 Å². The molecule has 0 unspecified atom stereocenters. The minimum Gasteiger partial charge on any atom is -0.478 e. The highest BCUT2D eigenvalue weighted by Gasteiger charge is 2.09. The number of rotatable bonds is 7. The van der Waals surface area contributed by atoms with Crippen LogP contribution in [0.25, 0.3) is 0 Å². The molecule has 0 radical (unpaired) electrons. The fourth-order valence-corrected chi connectivity index (χ4v) is 0.880. The molecule has 0 aliphatic carbocycles. The van der Waals surface area contributed by atoms with Crippen molar-refractivity contribution in [2.24, 2.45) is 0 Å². The van der Waals surface area contributed by atoms with Crippen LogP contribution in [0.3, 0.4) is 0 Å². The SMILES string of the molecule is C=C(CCOC(=O)C(=C)CCC)C(=O)O. The van der Waals surface area contributed by atoms with E-state index < -0.39 is 11.9 Å². The van der Waals surface area contributed by atoms with Gasteiger partial charge in [-0.25, -0.2) is 9.59 Å². The molecule has 4 nitrogen and oxygen atoms in total. The third kappa shape index (κ3) is 5.67. The van der Waals surface area contributed by atoms with Crippen LogP contribution in [-0.4, -0.2) is 23.7 Å². The molecule has 0 spiro atoms. The standard InChI is InChI=1S/C11H16O4/c1-4-5-9(3)11(14)15-7-6-8(2)10(12)13/h2-7H2,1H3,(H,12,13). The van der Waals surface area contributed by atoms with Gasteiger partial charge in [0.05, 0.1) is 6.61 Å². The summed E-state index contributed by atoms with van der Waals surface area (Å²) in [5.74, 6) is -1.53. The van der Waals surface area contributed by atoms with Gasteiger partial charge in [-0.05, 0) is 6.42 Å². The Bertz CT molecular complexity index is 278. The molecule has 0 amide bonds. The molecule has 0 aromatic rings. The zero-order valence-electron chi connectivity index (χ0n) is 8.91. The van der Waals surface area contributed by atoms with Crippen molar-refractivity contribution in [3.05, 3.63) is 24.3 Å². The number of carbonyl (C=O) groups excluding carboxylic acids is 1. The van der Waals surface area contributed by atoms with E-state index in [0.29, 0.717) is 12.0 Å². The van der Waals surface area contributed by atoms with Crippen LogP contribution in [0.2, 0.25) is 0 Å².